The molecular weight excluding hydrogens is 344 g/mol. The van der Waals surface area contributed by atoms with Gasteiger partial charge in [0.1, 0.15) is 17.4 Å². The molecule has 0 fully saturated rings. The Bertz CT molecular complexity index is 921. The van der Waals surface area contributed by atoms with E-state index in [2.05, 4.69) is 0 Å². The van der Waals surface area contributed by atoms with E-state index in [1.807, 2.05) is 37.3 Å². The number of hydrogen-bond acceptors (Lipinski definition) is 5. The molecule has 2 aromatic rings. The third kappa shape index (κ3) is 4.37. The highest BCUT2D eigenvalue weighted by atomic mass is 16.5. The van der Waals surface area contributed by atoms with Crippen LogP contribution < -0.4 is 10.3 Å². The molecule has 0 saturated carbocycles. The van der Waals surface area contributed by atoms with Crippen molar-refractivity contribution in [3.05, 3.63) is 56.9 Å². The lowest BCUT2D eigenvalue weighted by molar-refractivity contribution is 0.0974. The molecule has 0 radical (unpaired) electrons. The van der Waals surface area contributed by atoms with E-state index in [9.17, 15) is 20.0 Å². The molecule has 0 saturated heterocycles. The lowest BCUT2D eigenvalue weighted by atomic mass is 9.98. The van der Waals surface area contributed by atoms with E-state index in [1.54, 1.807) is 7.11 Å². The van der Waals surface area contributed by atoms with Gasteiger partial charge in [0.25, 0.3) is 5.56 Å². The molecule has 0 aliphatic rings. The van der Waals surface area contributed by atoms with E-state index < -0.39 is 5.56 Å². The van der Waals surface area contributed by atoms with Crippen molar-refractivity contribution < 1.29 is 14.6 Å². The Kier molecular flexibility index (Phi) is 6.78. The average molecular weight is 368 g/mol. The first kappa shape index (κ1) is 20.2. The van der Waals surface area contributed by atoms with Crippen LogP contribution in [0.2, 0.25) is 0 Å². The number of Topliss-reactive ketones (excluding diaryl/α,β-unsaturated/α-hetero) is 1. The van der Waals surface area contributed by atoms with Gasteiger partial charge in [0.05, 0.1) is 12.7 Å². The minimum absolute atomic E-state index is 0.0781. The predicted molar refractivity (Wildman–Crippen MR) is 102 cm³/mol. The van der Waals surface area contributed by atoms with Gasteiger partial charge in [0, 0.05) is 13.0 Å². The molecule has 6 nitrogen and oxygen atoms in total. The first-order chi connectivity index (χ1) is 12.9. The lowest BCUT2D eigenvalue weighted by Gasteiger charge is -2.15. The van der Waals surface area contributed by atoms with Crippen molar-refractivity contribution in [3.8, 4) is 17.7 Å². The monoisotopic (exact) mass is 368 g/mol. The Morgan fingerprint density at radius 3 is 2.52 bits per heavy atom. The summed E-state index contributed by atoms with van der Waals surface area (Å²) in [5.41, 5.74) is 0.603. The van der Waals surface area contributed by atoms with E-state index in [0.717, 1.165) is 22.3 Å². The summed E-state index contributed by atoms with van der Waals surface area (Å²) in [6.07, 6.45) is 2.26. The maximum absolute atomic E-state index is 12.6. The Morgan fingerprint density at radius 2 is 1.96 bits per heavy atom. The van der Waals surface area contributed by atoms with Crippen LogP contribution in [0.1, 0.15) is 53.2 Å². The number of carbonyl (C=O) groups excluding carboxylic acids is 1. The van der Waals surface area contributed by atoms with Crippen LogP contribution in [-0.2, 0) is 13.0 Å². The normalized spacial score (nSPS) is 10.4. The van der Waals surface area contributed by atoms with Crippen molar-refractivity contribution in [2.75, 3.05) is 7.11 Å². The van der Waals surface area contributed by atoms with Crippen LogP contribution in [0.4, 0.5) is 0 Å². The quantitative estimate of drug-likeness (QED) is 0.721. The molecule has 142 valence electrons. The Balaban J connectivity index is 2.41. The van der Waals surface area contributed by atoms with Gasteiger partial charge in [-0.25, -0.2) is 0 Å². The van der Waals surface area contributed by atoms with Gasteiger partial charge in [0.2, 0.25) is 5.88 Å². The Hall–Kier alpha value is -3.07. The highest BCUT2D eigenvalue weighted by Crippen LogP contribution is 2.24. The fraction of sp³-hybridized carbons (Fsp3) is 0.381. The van der Waals surface area contributed by atoms with Crippen molar-refractivity contribution in [1.29, 1.82) is 5.26 Å². The Morgan fingerprint density at radius 1 is 1.30 bits per heavy atom. The summed E-state index contributed by atoms with van der Waals surface area (Å²) in [5, 5.41) is 20.0. The first-order valence-corrected chi connectivity index (χ1v) is 8.97. The number of ketones is 1. The number of unbranched alkanes of at least 4 members (excludes halogenated alkanes) is 1. The zero-order valence-electron chi connectivity index (χ0n) is 15.9. The zero-order chi connectivity index (χ0) is 20.0. The molecule has 1 aromatic carbocycles. The highest BCUT2D eigenvalue weighted by Gasteiger charge is 2.23. The van der Waals surface area contributed by atoms with Gasteiger partial charge in [-0.2, -0.15) is 5.26 Å². The van der Waals surface area contributed by atoms with Crippen molar-refractivity contribution in [2.24, 2.45) is 0 Å². The van der Waals surface area contributed by atoms with Gasteiger partial charge in [-0.05, 0) is 43.0 Å². The van der Waals surface area contributed by atoms with E-state index in [1.165, 1.54) is 6.92 Å². The summed E-state index contributed by atoms with van der Waals surface area (Å²) >= 11 is 0. The van der Waals surface area contributed by atoms with Gasteiger partial charge in [-0.15, -0.1) is 0 Å². The fourth-order valence-corrected chi connectivity index (χ4v) is 2.99. The second-order valence-corrected chi connectivity index (χ2v) is 6.39. The predicted octanol–water partition coefficient (Wildman–Crippen LogP) is 3.36. The van der Waals surface area contributed by atoms with E-state index in [-0.39, 0.29) is 41.3 Å². The van der Waals surface area contributed by atoms with Crippen molar-refractivity contribution >= 4 is 5.78 Å². The van der Waals surface area contributed by atoms with Crippen molar-refractivity contribution in [3.63, 3.8) is 0 Å². The molecule has 0 atom stereocenters. The second-order valence-electron chi connectivity index (χ2n) is 6.39. The molecule has 1 aromatic heterocycles. The SMILES string of the molecule is CCCCC(=O)c1c(C)c(C#N)c(=O)n(CCc2ccc(OC)cc2)c1O. The van der Waals surface area contributed by atoms with E-state index >= 15 is 0 Å². The van der Waals surface area contributed by atoms with Crippen LogP contribution in [0.5, 0.6) is 11.6 Å². The minimum atomic E-state index is -0.576. The van der Waals surface area contributed by atoms with Gasteiger partial charge < -0.3 is 9.84 Å². The van der Waals surface area contributed by atoms with Gasteiger partial charge in [0.15, 0.2) is 5.78 Å². The number of carbonyl (C=O) groups is 1. The summed E-state index contributed by atoms with van der Waals surface area (Å²) < 4.78 is 6.24. The molecule has 0 amide bonds. The minimum Gasteiger partial charge on any atom is -0.497 e. The number of methoxy groups -OCH3 is 1. The number of nitriles is 1. The number of aryl methyl sites for hydroxylation is 1. The topological polar surface area (TPSA) is 92.3 Å². The largest absolute Gasteiger partial charge is 0.497 e. The summed E-state index contributed by atoms with van der Waals surface area (Å²) in [6, 6.07) is 9.25. The number of benzene rings is 1. The lowest BCUT2D eigenvalue weighted by Crippen LogP contribution is -2.27. The maximum Gasteiger partial charge on any atom is 0.271 e. The van der Waals surface area contributed by atoms with Crippen molar-refractivity contribution in [1.82, 2.24) is 4.57 Å². The van der Waals surface area contributed by atoms with Crippen molar-refractivity contribution in [2.45, 2.75) is 46.1 Å². The number of nitrogens with zero attached hydrogens (tertiary/aromatic N) is 2. The summed E-state index contributed by atoms with van der Waals surface area (Å²) in [7, 11) is 1.58. The number of aromatic hydroxyl groups is 1. The van der Waals surface area contributed by atoms with Crippen LogP contribution in [-0.4, -0.2) is 22.6 Å². The van der Waals surface area contributed by atoms with Crippen LogP contribution in [0.3, 0.4) is 0 Å². The van der Waals surface area contributed by atoms with Gasteiger partial charge in [-0.1, -0.05) is 25.5 Å². The average Bonchev–Trinajstić information content (AvgIpc) is 2.67. The molecule has 6 heteroatoms. The highest BCUT2D eigenvalue weighted by molar-refractivity contribution is 5.99. The van der Waals surface area contributed by atoms with E-state index in [4.69, 9.17) is 4.74 Å². The number of pyridine rings is 1. The molecule has 27 heavy (non-hydrogen) atoms. The molecule has 0 bridgehead atoms. The molecular formula is C21H24N2O4. The zero-order valence-corrected chi connectivity index (χ0v) is 15.9. The third-order valence-electron chi connectivity index (χ3n) is 4.62. The van der Waals surface area contributed by atoms with E-state index in [0.29, 0.717) is 12.8 Å². The molecule has 0 unspecified atom stereocenters. The number of ether oxygens (including phenoxy) is 1. The van der Waals surface area contributed by atoms with Crippen LogP contribution in [0.25, 0.3) is 0 Å². The summed E-state index contributed by atoms with van der Waals surface area (Å²) in [5.74, 6) is 0.123. The smallest absolute Gasteiger partial charge is 0.271 e. The third-order valence-corrected chi connectivity index (χ3v) is 4.62. The van der Waals surface area contributed by atoms with Crippen LogP contribution >= 0.6 is 0 Å². The molecule has 1 N–H and O–H groups in total. The second kappa shape index (κ2) is 9.04. The van der Waals surface area contributed by atoms with Crippen LogP contribution in [0, 0.1) is 18.3 Å². The summed E-state index contributed by atoms with van der Waals surface area (Å²) in [4.78, 5) is 25.1. The molecule has 1 heterocycles. The molecule has 0 aliphatic heterocycles. The molecule has 2 rings (SSSR count). The molecule has 0 aliphatic carbocycles. The van der Waals surface area contributed by atoms with Gasteiger partial charge in [-0.3, -0.25) is 14.2 Å². The standard InChI is InChI=1S/C21H24N2O4/c1-4-5-6-18(24)19-14(2)17(13-22)20(25)23(21(19)26)12-11-15-7-9-16(27-3)10-8-15/h7-10,26H,4-6,11-12H2,1-3H3. The number of aromatic nitrogens is 1. The summed E-state index contributed by atoms with van der Waals surface area (Å²) in [6.45, 7) is 3.67. The Labute approximate surface area is 158 Å². The van der Waals surface area contributed by atoms with Crippen LogP contribution in [0.15, 0.2) is 29.1 Å². The fourth-order valence-electron chi connectivity index (χ4n) is 2.99. The number of hydrogen-bond donors (Lipinski definition) is 1. The molecule has 0 spiro atoms. The van der Waals surface area contributed by atoms with Gasteiger partial charge >= 0.3 is 0 Å². The maximum atomic E-state index is 12.6. The first-order valence-electron chi connectivity index (χ1n) is 8.97. The number of rotatable bonds is 8.